The van der Waals surface area contributed by atoms with E-state index < -0.39 is 0 Å². The molecule has 1 aliphatic heterocycles. The summed E-state index contributed by atoms with van der Waals surface area (Å²) in [4.78, 5) is 5.50. The zero-order chi connectivity index (χ0) is 11.7. The summed E-state index contributed by atoms with van der Waals surface area (Å²) in [5, 5.41) is 0. The fourth-order valence-corrected chi connectivity index (χ4v) is 4.10. The van der Waals surface area contributed by atoms with Gasteiger partial charge in [0, 0.05) is 29.4 Å². The summed E-state index contributed by atoms with van der Waals surface area (Å²) >= 11 is 1.93. The third-order valence-electron chi connectivity index (χ3n) is 4.02. The first-order valence-electron chi connectivity index (χ1n) is 6.67. The van der Waals surface area contributed by atoms with Crippen molar-refractivity contribution in [2.75, 3.05) is 19.7 Å². The van der Waals surface area contributed by atoms with E-state index >= 15 is 0 Å². The van der Waals surface area contributed by atoms with Crippen molar-refractivity contribution in [3.8, 4) is 0 Å². The minimum atomic E-state index is 0.213. The van der Waals surface area contributed by atoms with E-state index in [1.807, 2.05) is 11.3 Å². The van der Waals surface area contributed by atoms with Crippen LogP contribution in [0.3, 0.4) is 0 Å². The highest BCUT2D eigenvalue weighted by Crippen LogP contribution is 2.36. The summed E-state index contributed by atoms with van der Waals surface area (Å²) in [7, 11) is 0. The van der Waals surface area contributed by atoms with Crippen LogP contribution in [0.25, 0.3) is 0 Å². The molecule has 0 aromatic carbocycles. The van der Waals surface area contributed by atoms with Gasteiger partial charge in [0.15, 0.2) is 0 Å². The van der Waals surface area contributed by atoms with E-state index in [-0.39, 0.29) is 5.60 Å². The van der Waals surface area contributed by atoms with Crippen molar-refractivity contribution in [2.45, 2.75) is 44.8 Å². The van der Waals surface area contributed by atoms with Gasteiger partial charge in [-0.2, -0.15) is 0 Å². The van der Waals surface area contributed by atoms with E-state index in [9.17, 15) is 0 Å². The van der Waals surface area contributed by atoms with Crippen molar-refractivity contribution < 1.29 is 4.74 Å². The molecular weight excluding hydrogens is 230 g/mol. The predicted octanol–water partition coefficient (Wildman–Crippen LogP) is 3.20. The van der Waals surface area contributed by atoms with Gasteiger partial charge in [0.2, 0.25) is 0 Å². The molecule has 94 valence electrons. The molecule has 0 unspecified atom stereocenters. The molecule has 0 amide bonds. The lowest BCUT2D eigenvalue weighted by Crippen LogP contribution is -2.49. The molecule has 1 spiro atoms. The number of hydrogen-bond acceptors (Lipinski definition) is 3. The first kappa shape index (κ1) is 11.7. The summed E-state index contributed by atoms with van der Waals surface area (Å²) in [5.74, 6) is 0. The Balaban J connectivity index is 1.64. The fraction of sp³-hybridized carbons (Fsp3) is 0.714. The standard InChI is InChI=1S/C14H21NOS/c1-12-4-5-13(17-12)10-15-8-9-16-14(11-15)6-2-3-7-14/h4-5H,2-3,6-11H2,1H3. The van der Waals surface area contributed by atoms with Gasteiger partial charge in [0.1, 0.15) is 0 Å². The Hall–Kier alpha value is -0.380. The summed E-state index contributed by atoms with van der Waals surface area (Å²) in [6.45, 7) is 6.46. The molecule has 0 radical (unpaired) electrons. The summed E-state index contributed by atoms with van der Waals surface area (Å²) in [6, 6.07) is 4.50. The van der Waals surface area contributed by atoms with Crippen molar-refractivity contribution in [2.24, 2.45) is 0 Å². The van der Waals surface area contributed by atoms with Crippen LogP contribution in [0.1, 0.15) is 35.4 Å². The molecule has 0 N–H and O–H groups in total. The van der Waals surface area contributed by atoms with Crippen molar-refractivity contribution in [1.82, 2.24) is 4.90 Å². The number of aryl methyl sites for hydroxylation is 1. The van der Waals surface area contributed by atoms with E-state index in [2.05, 4.69) is 24.0 Å². The molecule has 17 heavy (non-hydrogen) atoms. The van der Waals surface area contributed by atoms with E-state index in [1.165, 1.54) is 35.4 Å². The van der Waals surface area contributed by atoms with E-state index in [4.69, 9.17) is 4.74 Å². The number of morpholine rings is 1. The molecule has 3 rings (SSSR count). The van der Waals surface area contributed by atoms with E-state index in [1.54, 1.807) is 0 Å². The molecule has 1 aromatic heterocycles. The second kappa shape index (κ2) is 4.71. The van der Waals surface area contributed by atoms with Crippen molar-refractivity contribution in [1.29, 1.82) is 0 Å². The zero-order valence-corrected chi connectivity index (χ0v) is 11.4. The summed E-state index contributed by atoms with van der Waals surface area (Å²) in [6.07, 6.45) is 5.25. The summed E-state index contributed by atoms with van der Waals surface area (Å²) in [5.41, 5.74) is 0.213. The molecule has 2 nitrogen and oxygen atoms in total. The number of hydrogen-bond donors (Lipinski definition) is 0. The van der Waals surface area contributed by atoms with Crippen LogP contribution in [0.5, 0.6) is 0 Å². The molecule has 2 heterocycles. The SMILES string of the molecule is Cc1ccc(CN2CCOC3(CCCC3)C2)s1. The molecule has 2 fully saturated rings. The molecule has 1 saturated heterocycles. The smallest absolute Gasteiger partial charge is 0.0809 e. The lowest BCUT2D eigenvalue weighted by atomic mass is 10.00. The van der Waals surface area contributed by atoms with Crippen LogP contribution in [0.4, 0.5) is 0 Å². The highest BCUT2D eigenvalue weighted by molar-refractivity contribution is 7.11. The van der Waals surface area contributed by atoms with Crippen LogP contribution in [0.15, 0.2) is 12.1 Å². The third-order valence-corrected chi connectivity index (χ3v) is 5.00. The number of nitrogens with zero attached hydrogens (tertiary/aromatic N) is 1. The van der Waals surface area contributed by atoms with Crippen molar-refractivity contribution in [3.63, 3.8) is 0 Å². The predicted molar refractivity (Wildman–Crippen MR) is 71.5 cm³/mol. The highest BCUT2D eigenvalue weighted by atomic mass is 32.1. The average Bonchev–Trinajstić information content (AvgIpc) is 2.89. The van der Waals surface area contributed by atoms with E-state index in [0.29, 0.717) is 0 Å². The first-order chi connectivity index (χ1) is 8.26. The van der Waals surface area contributed by atoms with Gasteiger partial charge in [-0.05, 0) is 31.9 Å². The van der Waals surface area contributed by atoms with Gasteiger partial charge in [-0.25, -0.2) is 0 Å². The molecule has 0 bridgehead atoms. The van der Waals surface area contributed by atoms with Gasteiger partial charge in [-0.3, -0.25) is 4.90 Å². The molecule has 1 saturated carbocycles. The minimum absolute atomic E-state index is 0.213. The Kier molecular flexibility index (Phi) is 3.24. The average molecular weight is 251 g/mol. The highest BCUT2D eigenvalue weighted by Gasteiger charge is 2.39. The molecule has 1 aromatic rings. The van der Waals surface area contributed by atoms with Gasteiger partial charge in [-0.1, -0.05) is 12.8 Å². The normalized spacial score (nSPS) is 24.5. The van der Waals surface area contributed by atoms with Gasteiger partial charge in [-0.15, -0.1) is 11.3 Å². The zero-order valence-electron chi connectivity index (χ0n) is 10.6. The number of rotatable bonds is 2. The largest absolute Gasteiger partial charge is 0.372 e. The van der Waals surface area contributed by atoms with Crippen LogP contribution in [0, 0.1) is 6.92 Å². The Labute approximate surface area is 108 Å². The lowest BCUT2D eigenvalue weighted by Gasteiger charge is -2.40. The molecule has 1 aliphatic carbocycles. The fourth-order valence-electron chi connectivity index (χ4n) is 3.17. The third kappa shape index (κ3) is 2.56. The van der Waals surface area contributed by atoms with Gasteiger partial charge in [0.25, 0.3) is 0 Å². The second-order valence-corrected chi connectivity index (χ2v) is 6.83. The first-order valence-corrected chi connectivity index (χ1v) is 7.49. The van der Waals surface area contributed by atoms with E-state index in [0.717, 1.165) is 26.2 Å². The second-order valence-electron chi connectivity index (χ2n) is 5.46. The topological polar surface area (TPSA) is 12.5 Å². The van der Waals surface area contributed by atoms with Crippen LogP contribution in [0.2, 0.25) is 0 Å². The molecule has 3 heteroatoms. The van der Waals surface area contributed by atoms with Crippen molar-refractivity contribution >= 4 is 11.3 Å². The quantitative estimate of drug-likeness (QED) is 0.800. The Bertz CT molecular complexity index is 381. The van der Waals surface area contributed by atoms with Gasteiger partial charge in [0.05, 0.1) is 12.2 Å². The number of ether oxygens (including phenoxy) is 1. The van der Waals surface area contributed by atoms with Gasteiger partial charge < -0.3 is 4.74 Å². The Morgan fingerprint density at radius 3 is 2.88 bits per heavy atom. The van der Waals surface area contributed by atoms with Crippen LogP contribution >= 0.6 is 11.3 Å². The van der Waals surface area contributed by atoms with Gasteiger partial charge >= 0.3 is 0 Å². The summed E-state index contributed by atoms with van der Waals surface area (Å²) < 4.78 is 6.06. The monoisotopic (exact) mass is 251 g/mol. The molecular formula is C14H21NOS. The number of thiophene rings is 1. The molecule has 0 atom stereocenters. The Morgan fingerprint density at radius 2 is 2.18 bits per heavy atom. The molecule has 2 aliphatic rings. The van der Waals surface area contributed by atoms with Crippen molar-refractivity contribution in [3.05, 3.63) is 21.9 Å². The maximum Gasteiger partial charge on any atom is 0.0809 e. The minimum Gasteiger partial charge on any atom is -0.372 e. The maximum absolute atomic E-state index is 6.06. The Morgan fingerprint density at radius 1 is 1.35 bits per heavy atom. The lowest BCUT2D eigenvalue weighted by molar-refractivity contribution is -0.106. The maximum atomic E-state index is 6.06. The van der Waals surface area contributed by atoms with Crippen LogP contribution in [-0.4, -0.2) is 30.2 Å². The van der Waals surface area contributed by atoms with Crippen LogP contribution < -0.4 is 0 Å². The van der Waals surface area contributed by atoms with Crippen LogP contribution in [-0.2, 0) is 11.3 Å².